The van der Waals surface area contributed by atoms with Gasteiger partial charge in [0.2, 0.25) is 5.91 Å². The minimum absolute atomic E-state index is 0.162. The summed E-state index contributed by atoms with van der Waals surface area (Å²) in [5.41, 5.74) is 0.976. The Labute approximate surface area is 167 Å². The van der Waals surface area contributed by atoms with Gasteiger partial charge in [-0.15, -0.1) is 0 Å². The molecule has 28 heavy (non-hydrogen) atoms. The predicted octanol–water partition coefficient (Wildman–Crippen LogP) is 3.48. The zero-order valence-electron chi connectivity index (χ0n) is 17.1. The number of hydrogen-bond acceptors (Lipinski definition) is 3. The number of carbonyl (C=O) groups excluding carboxylic acids is 1. The number of carbonyl (C=O) groups is 1. The van der Waals surface area contributed by atoms with Crippen molar-refractivity contribution in [3.63, 3.8) is 0 Å². The normalized spacial score (nSPS) is 18.7. The third-order valence-electron chi connectivity index (χ3n) is 5.64. The summed E-state index contributed by atoms with van der Waals surface area (Å²) in [7, 11) is 0. The van der Waals surface area contributed by atoms with Crippen LogP contribution in [0.2, 0.25) is 0 Å². The average molecular weight is 387 g/mol. The summed E-state index contributed by atoms with van der Waals surface area (Å²) >= 11 is 0. The van der Waals surface area contributed by atoms with Gasteiger partial charge in [-0.25, -0.2) is 9.37 Å². The molecule has 1 amide bonds. The first-order valence-corrected chi connectivity index (χ1v) is 10.2. The molecule has 0 N–H and O–H groups in total. The summed E-state index contributed by atoms with van der Waals surface area (Å²) in [5.74, 6) is 1.35. The first-order chi connectivity index (χ1) is 13.4. The van der Waals surface area contributed by atoms with Gasteiger partial charge in [0, 0.05) is 51.0 Å². The number of hydrogen-bond donors (Lipinski definition) is 0. The molecule has 0 saturated carbocycles. The van der Waals surface area contributed by atoms with Gasteiger partial charge in [-0.3, -0.25) is 4.79 Å². The van der Waals surface area contributed by atoms with E-state index >= 15 is 0 Å². The number of halogens is 1. The minimum Gasteiger partial charge on any atom is -0.335 e. The van der Waals surface area contributed by atoms with E-state index in [1.807, 2.05) is 24.2 Å². The Morgan fingerprint density at radius 2 is 1.96 bits per heavy atom. The fourth-order valence-corrected chi connectivity index (χ4v) is 3.91. The van der Waals surface area contributed by atoms with Gasteiger partial charge >= 0.3 is 0 Å². The second kappa shape index (κ2) is 9.32. The molecule has 0 bridgehead atoms. The quantitative estimate of drug-likeness (QED) is 0.732. The van der Waals surface area contributed by atoms with Gasteiger partial charge in [-0.05, 0) is 43.5 Å². The van der Waals surface area contributed by atoms with E-state index in [0.29, 0.717) is 18.9 Å². The second-order valence-corrected chi connectivity index (χ2v) is 8.03. The molecule has 3 rings (SSSR count). The summed E-state index contributed by atoms with van der Waals surface area (Å²) in [6, 6.07) is 6.64. The maximum Gasteiger partial charge on any atom is 0.224 e. The topological polar surface area (TPSA) is 41.4 Å². The molecule has 0 radical (unpaired) electrons. The molecule has 1 saturated heterocycles. The molecule has 5 nitrogen and oxygen atoms in total. The lowest BCUT2D eigenvalue weighted by Crippen LogP contribution is -2.46. The number of rotatable bonds is 7. The van der Waals surface area contributed by atoms with Crippen molar-refractivity contribution in [2.45, 2.75) is 52.7 Å². The molecule has 152 valence electrons. The Morgan fingerprint density at radius 3 is 2.61 bits per heavy atom. The molecule has 2 heterocycles. The SMILES string of the molecule is Cc1nccn1CCCN1CCC(=O)N(Cc2ccc(F)cc2)[C@H](C(C)C)C1. The van der Waals surface area contributed by atoms with Crippen molar-refractivity contribution < 1.29 is 9.18 Å². The highest BCUT2D eigenvalue weighted by Gasteiger charge is 2.31. The van der Waals surface area contributed by atoms with Crippen LogP contribution in [-0.4, -0.2) is 50.9 Å². The van der Waals surface area contributed by atoms with Crippen molar-refractivity contribution >= 4 is 5.91 Å². The highest BCUT2D eigenvalue weighted by molar-refractivity contribution is 5.77. The Balaban J connectivity index is 1.63. The van der Waals surface area contributed by atoms with E-state index in [-0.39, 0.29) is 17.8 Å². The number of aromatic nitrogens is 2. The monoisotopic (exact) mass is 386 g/mol. The highest BCUT2D eigenvalue weighted by atomic mass is 19.1. The Morgan fingerprint density at radius 1 is 1.21 bits per heavy atom. The number of aryl methyl sites for hydroxylation is 2. The van der Waals surface area contributed by atoms with Gasteiger partial charge in [-0.2, -0.15) is 0 Å². The molecule has 1 aliphatic rings. The zero-order chi connectivity index (χ0) is 20.1. The van der Waals surface area contributed by atoms with Crippen LogP contribution in [0.25, 0.3) is 0 Å². The predicted molar refractivity (Wildman–Crippen MR) is 108 cm³/mol. The Bertz CT molecular complexity index is 771. The van der Waals surface area contributed by atoms with E-state index in [9.17, 15) is 9.18 Å². The standard InChI is InChI=1S/C22H31FN4O/c1-17(2)21-16-25(11-4-12-26-14-10-24-18(26)3)13-9-22(28)27(21)15-19-5-7-20(23)8-6-19/h5-8,10,14,17,21H,4,9,11-13,15-16H2,1-3H3/t21-/m0/s1. The smallest absolute Gasteiger partial charge is 0.224 e. The van der Waals surface area contributed by atoms with Crippen molar-refractivity contribution in [1.82, 2.24) is 19.4 Å². The van der Waals surface area contributed by atoms with Crippen molar-refractivity contribution in [1.29, 1.82) is 0 Å². The van der Waals surface area contributed by atoms with E-state index in [1.165, 1.54) is 12.1 Å². The van der Waals surface area contributed by atoms with Gasteiger partial charge in [-0.1, -0.05) is 26.0 Å². The van der Waals surface area contributed by atoms with E-state index in [0.717, 1.165) is 44.0 Å². The fraction of sp³-hybridized carbons (Fsp3) is 0.545. The third-order valence-corrected chi connectivity index (χ3v) is 5.64. The number of imidazole rings is 1. The average Bonchev–Trinajstić information content (AvgIpc) is 3.00. The molecule has 0 spiro atoms. The summed E-state index contributed by atoms with van der Waals surface area (Å²) in [6.45, 7) is 10.5. The second-order valence-electron chi connectivity index (χ2n) is 8.03. The maximum atomic E-state index is 13.2. The number of amides is 1. The minimum atomic E-state index is -0.245. The van der Waals surface area contributed by atoms with Gasteiger partial charge in [0.15, 0.2) is 0 Å². The van der Waals surface area contributed by atoms with Crippen molar-refractivity contribution in [3.05, 3.63) is 53.9 Å². The molecule has 1 aromatic carbocycles. The lowest BCUT2D eigenvalue weighted by atomic mass is 10.0. The maximum absolute atomic E-state index is 13.2. The van der Waals surface area contributed by atoms with E-state index < -0.39 is 0 Å². The molecule has 2 aromatic rings. The summed E-state index contributed by atoms with van der Waals surface area (Å²) in [4.78, 5) is 21.6. The van der Waals surface area contributed by atoms with Crippen LogP contribution in [0.5, 0.6) is 0 Å². The lowest BCUT2D eigenvalue weighted by Gasteiger charge is -2.35. The van der Waals surface area contributed by atoms with Crippen LogP contribution in [0.3, 0.4) is 0 Å². The van der Waals surface area contributed by atoms with Gasteiger partial charge < -0.3 is 14.4 Å². The molecule has 0 aliphatic carbocycles. The van der Waals surface area contributed by atoms with E-state index in [4.69, 9.17) is 0 Å². The van der Waals surface area contributed by atoms with Crippen LogP contribution >= 0.6 is 0 Å². The fourth-order valence-electron chi connectivity index (χ4n) is 3.91. The van der Waals surface area contributed by atoms with Crippen LogP contribution in [-0.2, 0) is 17.9 Å². The van der Waals surface area contributed by atoms with Crippen LogP contribution in [0, 0.1) is 18.7 Å². The van der Waals surface area contributed by atoms with Gasteiger partial charge in [0.05, 0.1) is 0 Å². The van der Waals surface area contributed by atoms with E-state index in [1.54, 1.807) is 12.1 Å². The van der Waals surface area contributed by atoms with Gasteiger partial charge in [0.25, 0.3) is 0 Å². The first-order valence-electron chi connectivity index (χ1n) is 10.2. The van der Waals surface area contributed by atoms with Crippen LogP contribution < -0.4 is 0 Å². The molecule has 1 fully saturated rings. The van der Waals surface area contributed by atoms with E-state index in [2.05, 4.69) is 28.3 Å². The largest absolute Gasteiger partial charge is 0.335 e. The molecule has 1 aromatic heterocycles. The summed E-state index contributed by atoms with van der Waals surface area (Å²) in [6.07, 6.45) is 5.42. The Hall–Kier alpha value is -2.21. The Kier molecular flexibility index (Phi) is 6.83. The van der Waals surface area contributed by atoms with Crippen molar-refractivity contribution in [2.24, 2.45) is 5.92 Å². The first kappa shape index (κ1) is 20.5. The molecule has 6 heteroatoms. The summed E-state index contributed by atoms with van der Waals surface area (Å²) in [5, 5.41) is 0. The van der Waals surface area contributed by atoms with Crippen LogP contribution in [0.15, 0.2) is 36.7 Å². The molecular weight excluding hydrogens is 355 g/mol. The zero-order valence-corrected chi connectivity index (χ0v) is 17.1. The number of benzene rings is 1. The number of nitrogens with zero attached hydrogens (tertiary/aromatic N) is 4. The van der Waals surface area contributed by atoms with Gasteiger partial charge in [0.1, 0.15) is 11.6 Å². The van der Waals surface area contributed by atoms with Crippen LogP contribution in [0.1, 0.15) is 38.1 Å². The third kappa shape index (κ3) is 5.19. The molecule has 0 unspecified atom stereocenters. The molecule has 1 aliphatic heterocycles. The van der Waals surface area contributed by atoms with Crippen LogP contribution in [0.4, 0.5) is 4.39 Å². The summed E-state index contributed by atoms with van der Waals surface area (Å²) < 4.78 is 15.4. The highest BCUT2D eigenvalue weighted by Crippen LogP contribution is 2.21. The van der Waals surface area contributed by atoms with Crippen molar-refractivity contribution in [3.8, 4) is 0 Å². The lowest BCUT2D eigenvalue weighted by molar-refractivity contribution is -0.134. The van der Waals surface area contributed by atoms with Crippen molar-refractivity contribution in [2.75, 3.05) is 19.6 Å². The molecular formula is C22H31FN4O. The molecule has 1 atom stereocenters.